The molecule has 0 amide bonds. The summed E-state index contributed by atoms with van der Waals surface area (Å²) in [5.74, 6) is 0.863. The normalized spacial score (nSPS) is 11.8. The molecule has 0 atom stereocenters. The number of allylic oxidation sites excluding steroid dienone is 2. The van der Waals surface area contributed by atoms with Gasteiger partial charge in [0.1, 0.15) is 5.84 Å². The highest BCUT2D eigenvalue weighted by molar-refractivity contribution is 6.12. The average molecular weight is 401 g/mol. The molecule has 2 nitrogen and oxygen atoms in total. The predicted molar refractivity (Wildman–Crippen MR) is 133 cm³/mol. The molecule has 0 saturated heterocycles. The van der Waals surface area contributed by atoms with Crippen LogP contribution in [0.3, 0.4) is 0 Å². The van der Waals surface area contributed by atoms with Crippen molar-refractivity contribution in [3.05, 3.63) is 151 Å². The van der Waals surface area contributed by atoms with Crippen molar-refractivity contribution < 1.29 is 0 Å². The quantitative estimate of drug-likeness (QED) is 0.186. The number of para-hydroxylation sites is 2. The summed E-state index contributed by atoms with van der Waals surface area (Å²) in [6, 6.07) is 40.9. The van der Waals surface area contributed by atoms with E-state index in [2.05, 4.69) is 59.7 Å². The van der Waals surface area contributed by atoms with Gasteiger partial charge in [0.2, 0.25) is 0 Å². The molecule has 4 rings (SSSR count). The van der Waals surface area contributed by atoms with E-state index in [0.29, 0.717) is 0 Å². The van der Waals surface area contributed by atoms with Crippen LogP contribution in [0.2, 0.25) is 0 Å². The lowest BCUT2D eigenvalue weighted by Crippen LogP contribution is -2.26. The maximum Gasteiger partial charge on any atom is 0.145 e. The standard InChI is InChI=1S/C29H24N2/c1-5-15-25(16-6-1)17-13-14-24-31(28-22-11-4-12-23-28)29(26-18-7-2-8-19-26)30-27-20-9-3-10-21-27/h1-24H/b17-13+,24-14+,30-29?. The molecule has 4 aromatic carbocycles. The van der Waals surface area contributed by atoms with Crippen molar-refractivity contribution in [2.75, 3.05) is 4.90 Å². The Morgan fingerprint density at radius 2 is 1.13 bits per heavy atom. The van der Waals surface area contributed by atoms with Crippen LogP contribution in [0.1, 0.15) is 11.1 Å². The molecule has 0 aliphatic heterocycles. The van der Waals surface area contributed by atoms with Crippen LogP contribution in [-0.4, -0.2) is 5.84 Å². The summed E-state index contributed by atoms with van der Waals surface area (Å²) >= 11 is 0. The molecule has 0 spiro atoms. The smallest absolute Gasteiger partial charge is 0.145 e. The Balaban J connectivity index is 1.75. The summed E-state index contributed by atoms with van der Waals surface area (Å²) in [5, 5.41) is 0. The molecule has 0 aliphatic carbocycles. The summed E-state index contributed by atoms with van der Waals surface area (Å²) in [7, 11) is 0. The van der Waals surface area contributed by atoms with E-state index in [1.807, 2.05) is 91.0 Å². The van der Waals surface area contributed by atoms with E-state index in [0.717, 1.165) is 22.8 Å². The minimum absolute atomic E-state index is 0.863. The molecular weight excluding hydrogens is 376 g/mol. The summed E-state index contributed by atoms with van der Waals surface area (Å²) in [5.41, 5.74) is 4.17. The topological polar surface area (TPSA) is 15.6 Å². The van der Waals surface area contributed by atoms with Crippen LogP contribution in [-0.2, 0) is 0 Å². The average Bonchev–Trinajstić information content (AvgIpc) is 2.85. The van der Waals surface area contributed by atoms with Crippen molar-refractivity contribution >= 4 is 23.3 Å². The van der Waals surface area contributed by atoms with Gasteiger partial charge in [-0.3, -0.25) is 0 Å². The molecule has 2 heteroatoms. The van der Waals surface area contributed by atoms with E-state index in [9.17, 15) is 0 Å². The number of hydrogen-bond donors (Lipinski definition) is 0. The van der Waals surface area contributed by atoms with Gasteiger partial charge in [-0.2, -0.15) is 0 Å². The van der Waals surface area contributed by atoms with Gasteiger partial charge in [0.15, 0.2) is 0 Å². The number of benzene rings is 4. The van der Waals surface area contributed by atoms with Crippen LogP contribution in [0.5, 0.6) is 0 Å². The number of rotatable bonds is 6. The highest BCUT2D eigenvalue weighted by Crippen LogP contribution is 2.22. The summed E-state index contributed by atoms with van der Waals surface area (Å²) in [6.07, 6.45) is 8.25. The van der Waals surface area contributed by atoms with Crippen LogP contribution in [0, 0.1) is 0 Å². The first kappa shape index (κ1) is 20.1. The molecular formula is C29H24N2. The lowest BCUT2D eigenvalue weighted by molar-refractivity contribution is 1.31. The second-order valence-corrected chi connectivity index (χ2v) is 6.95. The maximum atomic E-state index is 5.01. The van der Waals surface area contributed by atoms with E-state index in [1.54, 1.807) is 0 Å². The largest absolute Gasteiger partial charge is 0.301 e. The SMILES string of the molecule is C(/C=C/N(C(=Nc1ccccc1)c1ccccc1)c1ccccc1)=C\c1ccccc1. The van der Waals surface area contributed by atoms with Crippen molar-refractivity contribution in [2.45, 2.75) is 0 Å². The van der Waals surface area contributed by atoms with E-state index in [4.69, 9.17) is 4.99 Å². The van der Waals surface area contributed by atoms with Crippen LogP contribution in [0.4, 0.5) is 11.4 Å². The predicted octanol–water partition coefficient (Wildman–Crippen LogP) is 7.50. The molecule has 0 saturated carbocycles. The van der Waals surface area contributed by atoms with Gasteiger partial charge in [0.05, 0.1) is 5.69 Å². The lowest BCUT2D eigenvalue weighted by atomic mass is 10.1. The van der Waals surface area contributed by atoms with Gasteiger partial charge in [-0.05, 0) is 35.9 Å². The van der Waals surface area contributed by atoms with Gasteiger partial charge in [-0.25, -0.2) is 4.99 Å². The molecule has 0 radical (unpaired) electrons. The molecule has 0 heterocycles. The molecule has 0 aromatic heterocycles. The third-order valence-electron chi connectivity index (χ3n) is 4.72. The number of anilines is 1. The number of nitrogens with zero attached hydrogens (tertiary/aromatic N) is 2. The van der Waals surface area contributed by atoms with Gasteiger partial charge >= 0.3 is 0 Å². The number of amidine groups is 1. The first-order chi connectivity index (χ1) is 15.4. The summed E-state index contributed by atoms with van der Waals surface area (Å²) in [4.78, 5) is 7.13. The summed E-state index contributed by atoms with van der Waals surface area (Å²) < 4.78 is 0. The zero-order valence-corrected chi connectivity index (χ0v) is 17.3. The Bertz CT molecular complexity index is 1150. The van der Waals surface area contributed by atoms with Crippen molar-refractivity contribution in [1.29, 1.82) is 0 Å². The first-order valence-corrected chi connectivity index (χ1v) is 10.3. The fraction of sp³-hybridized carbons (Fsp3) is 0. The van der Waals surface area contributed by atoms with Crippen molar-refractivity contribution in [2.24, 2.45) is 4.99 Å². The summed E-state index contributed by atoms with van der Waals surface area (Å²) in [6.45, 7) is 0. The second kappa shape index (κ2) is 10.6. The van der Waals surface area contributed by atoms with Crippen LogP contribution >= 0.6 is 0 Å². The van der Waals surface area contributed by atoms with E-state index in [-0.39, 0.29) is 0 Å². The van der Waals surface area contributed by atoms with Gasteiger partial charge in [0, 0.05) is 17.5 Å². The third-order valence-corrected chi connectivity index (χ3v) is 4.72. The second-order valence-electron chi connectivity index (χ2n) is 6.95. The molecule has 0 unspecified atom stereocenters. The van der Waals surface area contributed by atoms with Gasteiger partial charge in [-0.1, -0.05) is 109 Å². The Morgan fingerprint density at radius 1 is 0.581 bits per heavy atom. The number of hydrogen-bond acceptors (Lipinski definition) is 1. The zero-order chi connectivity index (χ0) is 21.1. The minimum atomic E-state index is 0.863. The monoisotopic (exact) mass is 400 g/mol. The van der Waals surface area contributed by atoms with Crippen molar-refractivity contribution in [3.63, 3.8) is 0 Å². The first-order valence-electron chi connectivity index (χ1n) is 10.3. The highest BCUT2D eigenvalue weighted by Gasteiger charge is 2.13. The van der Waals surface area contributed by atoms with Crippen molar-refractivity contribution in [1.82, 2.24) is 0 Å². The minimum Gasteiger partial charge on any atom is -0.301 e. The molecule has 0 aliphatic rings. The molecule has 4 aromatic rings. The fourth-order valence-corrected chi connectivity index (χ4v) is 3.20. The van der Waals surface area contributed by atoms with E-state index in [1.165, 1.54) is 5.56 Å². The molecule has 0 fully saturated rings. The Kier molecular flexibility index (Phi) is 6.85. The van der Waals surface area contributed by atoms with Gasteiger partial charge in [0.25, 0.3) is 0 Å². The molecule has 0 N–H and O–H groups in total. The van der Waals surface area contributed by atoms with Crippen LogP contribution in [0.25, 0.3) is 6.08 Å². The Morgan fingerprint density at radius 3 is 1.77 bits per heavy atom. The molecule has 31 heavy (non-hydrogen) atoms. The van der Waals surface area contributed by atoms with Gasteiger partial charge in [-0.15, -0.1) is 0 Å². The molecule has 0 bridgehead atoms. The zero-order valence-electron chi connectivity index (χ0n) is 17.3. The van der Waals surface area contributed by atoms with E-state index >= 15 is 0 Å². The maximum absolute atomic E-state index is 5.01. The fourth-order valence-electron chi connectivity index (χ4n) is 3.20. The number of aliphatic imine (C=N–C) groups is 1. The van der Waals surface area contributed by atoms with Crippen LogP contribution in [0.15, 0.2) is 145 Å². The molecule has 150 valence electrons. The van der Waals surface area contributed by atoms with Gasteiger partial charge < -0.3 is 4.90 Å². The Labute approximate surface area is 184 Å². The lowest BCUT2D eigenvalue weighted by Gasteiger charge is -2.23. The third kappa shape index (κ3) is 5.68. The Hall–Kier alpha value is -4.17. The van der Waals surface area contributed by atoms with E-state index < -0.39 is 0 Å². The highest BCUT2D eigenvalue weighted by atomic mass is 15.2. The van der Waals surface area contributed by atoms with Crippen LogP contribution < -0.4 is 4.90 Å². The van der Waals surface area contributed by atoms with Crippen molar-refractivity contribution in [3.8, 4) is 0 Å².